The summed E-state index contributed by atoms with van der Waals surface area (Å²) in [6.45, 7) is 0.153. The SMILES string of the molecule is COC1CCCC1CNC(=O)c1cccc(OCC(=O)O)c1. The summed E-state index contributed by atoms with van der Waals surface area (Å²) in [5, 5.41) is 11.5. The van der Waals surface area contributed by atoms with Crippen molar-refractivity contribution in [2.24, 2.45) is 5.92 Å². The molecular formula is C16H21NO5. The number of hydrogen-bond acceptors (Lipinski definition) is 4. The van der Waals surface area contributed by atoms with E-state index in [0.717, 1.165) is 19.3 Å². The second-order valence-corrected chi connectivity index (χ2v) is 5.39. The van der Waals surface area contributed by atoms with Crippen LogP contribution in [0.2, 0.25) is 0 Å². The van der Waals surface area contributed by atoms with E-state index < -0.39 is 12.6 Å². The Morgan fingerprint density at radius 3 is 2.91 bits per heavy atom. The minimum absolute atomic E-state index is 0.192. The van der Waals surface area contributed by atoms with Crippen molar-refractivity contribution in [2.45, 2.75) is 25.4 Å². The van der Waals surface area contributed by atoms with E-state index in [9.17, 15) is 9.59 Å². The Morgan fingerprint density at radius 2 is 2.18 bits per heavy atom. The number of carbonyl (C=O) groups excluding carboxylic acids is 1. The predicted octanol–water partition coefficient (Wildman–Crippen LogP) is 1.69. The van der Waals surface area contributed by atoms with Gasteiger partial charge in [0.25, 0.3) is 5.91 Å². The van der Waals surface area contributed by atoms with Crippen LogP contribution in [-0.2, 0) is 9.53 Å². The molecule has 1 aromatic rings. The minimum Gasteiger partial charge on any atom is -0.482 e. The standard InChI is InChI=1S/C16H21NO5/c1-21-14-7-3-5-12(14)9-17-16(20)11-4-2-6-13(8-11)22-10-15(18)19/h2,4,6,8,12,14H,3,5,7,9-10H2,1H3,(H,17,20)(H,18,19). The topological polar surface area (TPSA) is 84.9 Å². The third-order valence-corrected chi connectivity index (χ3v) is 3.88. The number of methoxy groups -OCH3 is 1. The fourth-order valence-corrected chi connectivity index (χ4v) is 2.74. The first-order valence-electron chi connectivity index (χ1n) is 7.36. The highest BCUT2D eigenvalue weighted by Crippen LogP contribution is 2.27. The zero-order chi connectivity index (χ0) is 15.9. The normalized spacial score (nSPS) is 20.6. The molecule has 1 amide bonds. The van der Waals surface area contributed by atoms with Gasteiger partial charge in [0, 0.05) is 25.1 Å². The van der Waals surface area contributed by atoms with Crippen molar-refractivity contribution in [1.29, 1.82) is 0 Å². The van der Waals surface area contributed by atoms with Gasteiger partial charge in [-0.25, -0.2) is 4.79 Å². The number of carboxylic acids is 1. The zero-order valence-corrected chi connectivity index (χ0v) is 12.6. The summed E-state index contributed by atoms with van der Waals surface area (Å²) in [5.41, 5.74) is 0.454. The number of amides is 1. The van der Waals surface area contributed by atoms with Crippen molar-refractivity contribution in [3.63, 3.8) is 0 Å². The van der Waals surface area contributed by atoms with Crippen molar-refractivity contribution < 1.29 is 24.2 Å². The van der Waals surface area contributed by atoms with Crippen LogP contribution in [0.1, 0.15) is 29.6 Å². The van der Waals surface area contributed by atoms with Gasteiger partial charge in [-0.3, -0.25) is 4.79 Å². The van der Waals surface area contributed by atoms with Gasteiger partial charge in [-0.15, -0.1) is 0 Å². The third kappa shape index (κ3) is 4.46. The van der Waals surface area contributed by atoms with E-state index in [1.165, 1.54) is 0 Å². The number of nitrogens with one attached hydrogen (secondary N) is 1. The molecule has 0 spiro atoms. The number of carboxylic acid groups (broad SMARTS) is 1. The molecule has 2 N–H and O–H groups in total. The van der Waals surface area contributed by atoms with Crippen molar-refractivity contribution in [1.82, 2.24) is 5.32 Å². The van der Waals surface area contributed by atoms with E-state index in [1.54, 1.807) is 31.4 Å². The van der Waals surface area contributed by atoms with Gasteiger partial charge < -0.3 is 19.9 Å². The van der Waals surface area contributed by atoms with E-state index >= 15 is 0 Å². The molecule has 2 unspecified atom stereocenters. The smallest absolute Gasteiger partial charge is 0.341 e. The Labute approximate surface area is 129 Å². The molecule has 0 bridgehead atoms. The molecular weight excluding hydrogens is 286 g/mol. The average Bonchev–Trinajstić information content (AvgIpc) is 2.98. The summed E-state index contributed by atoms with van der Waals surface area (Å²) in [5.74, 6) is -0.532. The van der Waals surface area contributed by atoms with Crippen LogP contribution in [0, 0.1) is 5.92 Å². The van der Waals surface area contributed by atoms with Crippen LogP contribution in [0.15, 0.2) is 24.3 Å². The molecule has 6 heteroatoms. The Morgan fingerprint density at radius 1 is 1.36 bits per heavy atom. The molecule has 22 heavy (non-hydrogen) atoms. The fourth-order valence-electron chi connectivity index (χ4n) is 2.74. The maximum atomic E-state index is 12.2. The van der Waals surface area contributed by atoms with Crippen LogP contribution in [0.5, 0.6) is 5.75 Å². The van der Waals surface area contributed by atoms with E-state index in [2.05, 4.69) is 5.32 Å². The Kier molecular flexibility index (Phi) is 5.77. The molecule has 120 valence electrons. The lowest BCUT2D eigenvalue weighted by Crippen LogP contribution is -2.33. The Bertz CT molecular complexity index is 531. The summed E-state index contributed by atoms with van der Waals surface area (Å²) in [6.07, 6.45) is 3.43. The maximum absolute atomic E-state index is 12.2. The number of benzene rings is 1. The van der Waals surface area contributed by atoms with E-state index in [-0.39, 0.29) is 12.0 Å². The molecule has 0 heterocycles. The van der Waals surface area contributed by atoms with Gasteiger partial charge in [0.15, 0.2) is 6.61 Å². The third-order valence-electron chi connectivity index (χ3n) is 3.88. The second kappa shape index (κ2) is 7.79. The molecule has 0 aliphatic heterocycles. The largest absolute Gasteiger partial charge is 0.482 e. The molecule has 0 saturated heterocycles. The first kappa shape index (κ1) is 16.3. The summed E-state index contributed by atoms with van der Waals surface area (Å²) in [6, 6.07) is 6.50. The molecule has 0 radical (unpaired) electrons. The monoisotopic (exact) mass is 307 g/mol. The van der Waals surface area contributed by atoms with Crippen LogP contribution >= 0.6 is 0 Å². The number of hydrogen-bond donors (Lipinski definition) is 2. The summed E-state index contributed by atoms with van der Waals surface area (Å²) >= 11 is 0. The molecule has 1 saturated carbocycles. The first-order chi connectivity index (χ1) is 10.6. The molecule has 0 aromatic heterocycles. The fraction of sp³-hybridized carbons (Fsp3) is 0.500. The maximum Gasteiger partial charge on any atom is 0.341 e. The van der Waals surface area contributed by atoms with Gasteiger partial charge in [0.1, 0.15) is 5.75 Å². The van der Waals surface area contributed by atoms with E-state index in [4.69, 9.17) is 14.6 Å². The van der Waals surface area contributed by atoms with Gasteiger partial charge in [-0.1, -0.05) is 12.5 Å². The highest BCUT2D eigenvalue weighted by molar-refractivity contribution is 5.94. The Hall–Kier alpha value is -2.08. The summed E-state index contributed by atoms with van der Waals surface area (Å²) in [4.78, 5) is 22.6. The van der Waals surface area contributed by atoms with Crippen molar-refractivity contribution >= 4 is 11.9 Å². The van der Waals surface area contributed by atoms with Gasteiger partial charge in [-0.05, 0) is 31.0 Å². The molecule has 1 aromatic carbocycles. The lowest BCUT2D eigenvalue weighted by atomic mass is 10.1. The van der Waals surface area contributed by atoms with Crippen LogP contribution in [-0.4, -0.2) is 43.3 Å². The van der Waals surface area contributed by atoms with E-state index in [1.807, 2.05) is 0 Å². The summed E-state index contributed by atoms with van der Waals surface area (Å²) < 4.78 is 10.5. The quantitative estimate of drug-likeness (QED) is 0.801. The van der Waals surface area contributed by atoms with Crippen LogP contribution in [0.3, 0.4) is 0 Å². The molecule has 1 aliphatic rings. The molecule has 2 atom stereocenters. The van der Waals surface area contributed by atoms with E-state index in [0.29, 0.717) is 23.8 Å². The van der Waals surface area contributed by atoms with Gasteiger partial charge in [0.2, 0.25) is 0 Å². The first-order valence-corrected chi connectivity index (χ1v) is 7.36. The number of carbonyl (C=O) groups is 2. The lowest BCUT2D eigenvalue weighted by Gasteiger charge is -2.18. The number of ether oxygens (including phenoxy) is 2. The average molecular weight is 307 g/mol. The van der Waals surface area contributed by atoms with Gasteiger partial charge in [0.05, 0.1) is 6.10 Å². The molecule has 6 nitrogen and oxygen atoms in total. The zero-order valence-electron chi connectivity index (χ0n) is 12.6. The Balaban J connectivity index is 1.89. The number of rotatable bonds is 7. The predicted molar refractivity (Wildman–Crippen MR) is 80.0 cm³/mol. The highest BCUT2D eigenvalue weighted by atomic mass is 16.5. The molecule has 1 aliphatic carbocycles. The van der Waals surface area contributed by atoms with Crippen molar-refractivity contribution in [2.75, 3.05) is 20.3 Å². The van der Waals surface area contributed by atoms with Crippen molar-refractivity contribution in [3.05, 3.63) is 29.8 Å². The second-order valence-electron chi connectivity index (χ2n) is 5.39. The van der Waals surface area contributed by atoms with Gasteiger partial charge in [-0.2, -0.15) is 0 Å². The minimum atomic E-state index is -1.05. The van der Waals surface area contributed by atoms with Crippen LogP contribution in [0.4, 0.5) is 0 Å². The molecule has 2 rings (SSSR count). The number of aliphatic carboxylic acids is 1. The van der Waals surface area contributed by atoms with Crippen molar-refractivity contribution in [3.8, 4) is 5.75 Å². The van der Waals surface area contributed by atoms with Crippen LogP contribution in [0.25, 0.3) is 0 Å². The highest BCUT2D eigenvalue weighted by Gasteiger charge is 2.27. The lowest BCUT2D eigenvalue weighted by molar-refractivity contribution is -0.139. The molecule has 1 fully saturated rings. The summed E-state index contributed by atoms with van der Waals surface area (Å²) in [7, 11) is 1.70. The van der Waals surface area contributed by atoms with Gasteiger partial charge >= 0.3 is 5.97 Å². The van der Waals surface area contributed by atoms with Crippen LogP contribution < -0.4 is 10.1 Å².